The van der Waals surface area contributed by atoms with Crippen LogP contribution in [-0.2, 0) is 10.3 Å². The number of benzene rings is 2. The first-order valence-electron chi connectivity index (χ1n) is 7.69. The summed E-state index contributed by atoms with van der Waals surface area (Å²) in [5, 5.41) is 3.17. The molecular formula is C18H16BrClN2O3. The third-order valence-electron chi connectivity index (χ3n) is 4.07. The van der Waals surface area contributed by atoms with Gasteiger partial charge in [-0.05, 0) is 31.2 Å². The molecule has 3 rings (SSSR count). The molecule has 3 amide bonds. The Hall–Kier alpha value is -2.05. The number of nitrogens with zero attached hydrogens (tertiary/aromatic N) is 1. The minimum Gasteiger partial charge on any atom is -0.492 e. The van der Waals surface area contributed by atoms with Crippen LogP contribution in [0.3, 0.4) is 0 Å². The lowest BCUT2D eigenvalue weighted by atomic mass is 9.92. The molecule has 1 fully saturated rings. The van der Waals surface area contributed by atoms with Gasteiger partial charge in [-0.15, -0.1) is 0 Å². The van der Waals surface area contributed by atoms with E-state index in [2.05, 4.69) is 21.2 Å². The fourth-order valence-electron chi connectivity index (χ4n) is 2.76. The molecule has 0 aromatic heterocycles. The molecule has 0 aliphatic carbocycles. The van der Waals surface area contributed by atoms with Gasteiger partial charge in [-0.25, -0.2) is 4.79 Å². The zero-order valence-electron chi connectivity index (χ0n) is 13.5. The maximum atomic E-state index is 12.8. The van der Waals surface area contributed by atoms with E-state index in [0.717, 1.165) is 9.37 Å². The van der Waals surface area contributed by atoms with Crippen LogP contribution in [-0.4, -0.2) is 30.0 Å². The van der Waals surface area contributed by atoms with Crippen LogP contribution < -0.4 is 10.1 Å². The third kappa shape index (κ3) is 3.50. The molecule has 0 radical (unpaired) electrons. The van der Waals surface area contributed by atoms with Crippen molar-refractivity contribution in [1.82, 2.24) is 10.2 Å². The molecule has 1 unspecified atom stereocenters. The second kappa shape index (κ2) is 7.06. The van der Waals surface area contributed by atoms with Gasteiger partial charge in [0, 0.05) is 15.1 Å². The molecule has 25 heavy (non-hydrogen) atoms. The lowest BCUT2D eigenvalue weighted by Gasteiger charge is -2.23. The van der Waals surface area contributed by atoms with Gasteiger partial charge in [-0.1, -0.05) is 51.8 Å². The number of urea groups is 1. The first kappa shape index (κ1) is 17.8. The highest BCUT2D eigenvalue weighted by Crippen LogP contribution is 2.33. The Morgan fingerprint density at radius 2 is 1.96 bits per heavy atom. The lowest BCUT2D eigenvalue weighted by molar-refractivity contribution is -0.131. The third-order valence-corrected chi connectivity index (χ3v) is 4.89. The number of amides is 3. The molecule has 2 aromatic carbocycles. The van der Waals surface area contributed by atoms with Crippen molar-refractivity contribution in [1.29, 1.82) is 0 Å². The van der Waals surface area contributed by atoms with Crippen molar-refractivity contribution in [2.45, 2.75) is 12.5 Å². The van der Waals surface area contributed by atoms with Gasteiger partial charge in [-0.2, -0.15) is 0 Å². The number of halogens is 2. The predicted octanol–water partition coefficient (Wildman–Crippen LogP) is 3.95. The van der Waals surface area contributed by atoms with Crippen molar-refractivity contribution in [3.8, 4) is 5.75 Å². The second-order valence-corrected chi connectivity index (χ2v) is 7.12. The van der Waals surface area contributed by atoms with Gasteiger partial charge in [0.05, 0.1) is 6.54 Å². The van der Waals surface area contributed by atoms with Crippen LogP contribution in [0.1, 0.15) is 12.5 Å². The van der Waals surface area contributed by atoms with Crippen LogP contribution in [0.25, 0.3) is 0 Å². The molecule has 1 aliphatic rings. The maximum absolute atomic E-state index is 12.8. The molecule has 0 saturated carbocycles. The van der Waals surface area contributed by atoms with E-state index in [1.54, 1.807) is 31.2 Å². The Morgan fingerprint density at radius 1 is 1.20 bits per heavy atom. The van der Waals surface area contributed by atoms with E-state index in [1.165, 1.54) is 0 Å². The van der Waals surface area contributed by atoms with Crippen molar-refractivity contribution in [3.63, 3.8) is 0 Å². The summed E-state index contributed by atoms with van der Waals surface area (Å²) >= 11 is 9.57. The van der Waals surface area contributed by atoms with Crippen LogP contribution in [0.4, 0.5) is 4.79 Å². The molecule has 1 atom stereocenters. The van der Waals surface area contributed by atoms with Crippen LogP contribution >= 0.6 is 27.5 Å². The van der Waals surface area contributed by atoms with E-state index >= 15 is 0 Å². The standard InChI is InChI=1S/C18H16BrClN2O3/c1-18(14-7-2-3-8-15(14)20)16(23)22(17(24)21-18)9-10-25-13-6-4-5-12(19)11-13/h2-8,11H,9-10H2,1H3,(H,21,24). The zero-order valence-corrected chi connectivity index (χ0v) is 15.8. The number of carbonyl (C=O) groups is 2. The number of hydrogen-bond acceptors (Lipinski definition) is 3. The molecule has 0 bridgehead atoms. The van der Waals surface area contributed by atoms with Gasteiger partial charge in [0.25, 0.3) is 5.91 Å². The molecule has 1 heterocycles. The van der Waals surface area contributed by atoms with Gasteiger partial charge < -0.3 is 10.1 Å². The van der Waals surface area contributed by atoms with Crippen LogP contribution in [0.5, 0.6) is 5.75 Å². The quantitative estimate of drug-likeness (QED) is 0.741. The largest absolute Gasteiger partial charge is 0.492 e. The SMILES string of the molecule is CC1(c2ccccc2Cl)NC(=O)N(CCOc2cccc(Br)c2)C1=O. The van der Waals surface area contributed by atoms with E-state index in [0.29, 0.717) is 16.3 Å². The average Bonchev–Trinajstić information content (AvgIpc) is 2.79. The van der Waals surface area contributed by atoms with Crippen molar-refractivity contribution in [3.05, 3.63) is 63.6 Å². The van der Waals surface area contributed by atoms with Crippen molar-refractivity contribution < 1.29 is 14.3 Å². The Labute approximate surface area is 159 Å². The van der Waals surface area contributed by atoms with Gasteiger partial charge in [0.15, 0.2) is 0 Å². The number of carbonyl (C=O) groups excluding carboxylic acids is 2. The van der Waals surface area contributed by atoms with Crippen LogP contribution in [0.2, 0.25) is 5.02 Å². The molecule has 7 heteroatoms. The van der Waals surface area contributed by atoms with Crippen LogP contribution in [0, 0.1) is 0 Å². The number of ether oxygens (including phenoxy) is 1. The summed E-state index contributed by atoms with van der Waals surface area (Å²) < 4.78 is 6.51. The fraction of sp³-hybridized carbons (Fsp3) is 0.222. The zero-order chi connectivity index (χ0) is 18.0. The molecular weight excluding hydrogens is 408 g/mol. The van der Waals surface area contributed by atoms with Crippen molar-refractivity contribution in [2.24, 2.45) is 0 Å². The monoisotopic (exact) mass is 422 g/mol. The summed E-state index contributed by atoms with van der Waals surface area (Å²) in [6.07, 6.45) is 0. The van der Waals surface area contributed by atoms with E-state index in [9.17, 15) is 9.59 Å². The normalized spacial score (nSPS) is 19.9. The number of rotatable bonds is 5. The first-order valence-corrected chi connectivity index (χ1v) is 8.86. The highest BCUT2D eigenvalue weighted by Gasteiger charge is 2.49. The van der Waals surface area contributed by atoms with E-state index in [1.807, 2.05) is 24.3 Å². The van der Waals surface area contributed by atoms with E-state index in [4.69, 9.17) is 16.3 Å². The van der Waals surface area contributed by atoms with Crippen molar-refractivity contribution >= 4 is 39.5 Å². The molecule has 130 valence electrons. The Kier molecular flexibility index (Phi) is 5.01. The Bertz CT molecular complexity index is 829. The smallest absolute Gasteiger partial charge is 0.325 e. The Morgan fingerprint density at radius 3 is 2.68 bits per heavy atom. The number of imide groups is 1. The van der Waals surface area contributed by atoms with E-state index < -0.39 is 11.6 Å². The average molecular weight is 424 g/mol. The van der Waals surface area contributed by atoms with E-state index in [-0.39, 0.29) is 19.1 Å². The number of hydrogen-bond donors (Lipinski definition) is 1. The summed E-state index contributed by atoms with van der Waals surface area (Å²) in [5.41, 5.74) is -0.601. The predicted molar refractivity (Wildman–Crippen MR) is 98.7 cm³/mol. The summed E-state index contributed by atoms with van der Waals surface area (Å²) in [4.78, 5) is 26.2. The topological polar surface area (TPSA) is 58.6 Å². The molecule has 5 nitrogen and oxygen atoms in total. The minimum atomic E-state index is -1.18. The molecule has 1 aliphatic heterocycles. The Balaban J connectivity index is 1.70. The van der Waals surface area contributed by atoms with Gasteiger partial charge in [0.1, 0.15) is 17.9 Å². The van der Waals surface area contributed by atoms with Gasteiger partial charge >= 0.3 is 6.03 Å². The molecule has 2 aromatic rings. The summed E-state index contributed by atoms with van der Waals surface area (Å²) in [7, 11) is 0. The van der Waals surface area contributed by atoms with Gasteiger partial charge in [0.2, 0.25) is 0 Å². The van der Waals surface area contributed by atoms with Crippen molar-refractivity contribution in [2.75, 3.05) is 13.2 Å². The lowest BCUT2D eigenvalue weighted by Crippen LogP contribution is -2.41. The maximum Gasteiger partial charge on any atom is 0.325 e. The highest BCUT2D eigenvalue weighted by atomic mass is 79.9. The minimum absolute atomic E-state index is 0.150. The number of nitrogens with one attached hydrogen (secondary N) is 1. The second-order valence-electron chi connectivity index (χ2n) is 5.80. The fourth-order valence-corrected chi connectivity index (χ4v) is 3.46. The summed E-state index contributed by atoms with van der Waals surface area (Å²) in [6, 6.07) is 13.9. The summed E-state index contributed by atoms with van der Waals surface area (Å²) in [5.74, 6) is 0.318. The van der Waals surface area contributed by atoms with Crippen LogP contribution in [0.15, 0.2) is 53.0 Å². The first-order chi connectivity index (χ1) is 11.9. The van der Waals surface area contributed by atoms with Gasteiger partial charge in [-0.3, -0.25) is 9.69 Å². The molecule has 1 saturated heterocycles. The molecule has 0 spiro atoms. The molecule has 1 N–H and O–H groups in total. The highest BCUT2D eigenvalue weighted by molar-refractivity contribution is 9.10. The summed E-state index contributed by atoms with van der Waals surface area (Å²) in [6.45, 7) is 2.01.